The third kappa shape index (κ3) is 4.80. The van der Waals surface area contributed by atoms with Gasteiger partial charge in [0.2, 0.25) is 5.89 Å². The minimum atomic E-state index is -0.230. The molecule has 4 aromatic rings. The van der Waals surface area contributed by atoms with E-state index >= 15 is 0 Å². The lowest BCUT2D eigenvalue weighted by Gasteiger charge is -2.08. The van der Waals surface area contributed by atoms with Crippen LogP contribution in [0.15, 0.2) is 65.2 Å². The number of hydrogen-bond donors (Lipinski definition) is 1. The molecule has 0 saturated carbocycles. The van der Waals surface area contributed by atoms with Gasteiger partial charge in [0.1, 0.15) is 5.75 Å². The molecule has 1 amide bonds. The van der Waals surface area contributed by atoms with Gasteiger partial charge in [-0.15, -0.1) is 0 Å². The normalized spacial score (nSPS) is 10.8. The van der Waals surface area contributed by atoms with Gasteiger partial charge < -0.3 is 14.6 Å². The van der Waals surface area contributed by atoms with E-state index in [2.05, 4.69) is 20.6 Å². The lowest BCUT2D eigenvalue weighted by atomic mass is 10.1. The minimum absolute atomic E-state index is 0.230. The minimum Gasteiger partial charge on any atom is -0.497 e. The van der Waals surface area contributed by atoms with Crippen LogP contribution in [-0.2, 0) is 6.42 Å². The number of aromatic nitrogens is 4. The lowest BCUT2D eigenvalue weighted by molar-refractivity contribution is 0.0947. The van der Waals surface area contributed by atoms with Crippen molar-refractivity contribution >= 4 is 5.91 Å². The van der Waals surface area contributed by atoms with Crippen molar-refractivity contribution in [1.29, 1.82) is 0 Å². The van der Waals surface area contributed by atoms with Crippen molar-refractivity contribution in [2.24, 2.45) is 0 Å². The topological polar surface area (TPSA) is 95.1 Å². The maximum atomic E-state index is 12.7. The van der Waals surface area contributed by atoms with Crippen molar-refractivity contribution in [1.82, 2.24) is 25.2 Å². The first-order chi connectivity index (χ1) is 15.1. The third-order valence-electron chi connectivity index (χ3n) is 4.75. The molecule has 4 rings (SSSR count). The summed E-state index contributed by atoms with van der Waals surface area (Å²) in [5, 5.41) is 11.3. The van der Waals surface area contributed by atoms with E-state index in [1.54, 1.807) is 24.8 Å². The van der Waals surface area contributed by atoms with Crippen LogP contribution in [0, 0.1) is 6.92 Å². The first kappa shape index (κ1) is 20.3. The van der Waals surface area contributed by atoms with E-state index in [1.807, 2.05) is 54.6 Å². The van der Waals surface area contributed by atoms with Gasteiger partial charge in [-0.05, 0) is 55.8 Å². The van der Waals surface area contributed by atoms with Crippen molar-refractivity contribution in [3.8, 4) is 22.7 Å². The van der Waals surface area contributed by atoms with Gasteiger partial charge in [-0.3, -0.25) is 4.79 Å². The fraction of sp³-hybridized carbons (Fsp3) is 0.217. The summed E-state index contributed by atoms with van der Waals surface area (Å²) in [5.74, 6) is 1.72. The van der Waals surface area contributed by atoms with E-state index in [1.165, 1.54) is 0 Å². The molecule has 31 heavy (non-hydrogen) atoms. The van der Waals surface area contributed by atoms with Gasteiger partial charge in [0.25, 0.3) is 5.91 Å². The summed E-state index contributed by atoms with van der Waals surface area (Å²) in [4.78, 5) is 16.9. The summed E-state index contributed by atoms with van der Waals surface area (Å²) < 4.78 is 12.1. The van der Waals surface area contributed by atoms with Crippen molar-refractivity contribution in [3.63, 3.8) is 0 Å². The second-order valence-electron chi connectivity index (χ2n) is 6.99. The Kier molecular flexibility index (Phi) is 6.07. The summed E-state index contributed by atoms with van der Waals surface area (Å²) in [6, 6.07) is 19.2. The van der Waals surface area contributed by atoms with E-state index in [9.17, 15) is 4.79 Å². The number of hydrogen-bond acceptors (Lipinski definition) is 6. The number of carbonyl (C=O) groups is 1. The van der Waals surface area contributed by atoms with Crippen LogP contribution in [0.3, 0.4) is 0 Å². The van der Waals surface area contributed by atoms with E-state index in [4.69, 9.17) is 9.26 Å². The number of benzene rings is 2. The molecule has 8 heteroatoms. The summed E-state index contributed by atoms with van der Waals surface area (Å²) in [7, 11) is 1.63. The van der Waals surface area contributed by atoms with Crippen LogP contribution in [0.1, 0.15) is 28.6 Å². The molecule has 0 bridgehead atoms. The first-order valence-electron chi connectivity index (χ1n) is 10.0. The highest BCUT2D eigenvalue weighted by atomic mass is 16.5. The van der Waals surface area contributed by atoms with E-state index in [-0.39, 0.29) is 5.91 Å². The van der Waals surface area contributed by atoms with Crippen LogP contribution in [0.2, 0.25) is 0 Å². The summed E-state index contributed by atoms with van der Waals surface area (Å²) in [6.07, 6.45) is 1.30. The van der Waals surface area contributed by atoms with E-state index in [0.717, 1.165) is 22.7 Å². The lowest BCUT2D eigenvalue weighted by Crippen LogP contribution is -2.25. The fourth-order valence-corrected chi connectivity index (χ4v) is 3.20. The average Bonchev–Trinajstić information content (AvgIpc) is 3.44. The molecule has 1 N–H and O–H groups in total. The number of aryl methyl sites for hydroxylation is 2. The van der Waals surface area contributed by atoms with Crippen LogP contribution in [0.4, 0.5) is 0 Å². The molecule has 2 heterocycles. The maximum absolute atomic E-state index is 12.7. The van der Waals surface area contributed by atoms with Crippen LogP contribution in [0.25, 0.3) is 16.9 Å². The number of ether oxygens (including phenoxy) is 1. The molecule has 0 spiro atoms. The molecule has 0 atom stereocenters. The number of rotatable bonds is 8. The van der Waals surface area contributed by atoms with Crippen LogP contribution < -0.4 is 10.1 Å². The number of para-hydroxylation sites is 1. The number of nitrogens with one attached hydrogen (secondary N) is 1. The highest BCUT2D eigenvalue weighted by Gasteiger charge is 2.17. The summed E-state index contributed by atoms with van der Waals surface area (Å²) >= 11 is 0. The zero-order chi connectivity index (χ0) is 21.6. The van der Waals surface area contributed by atoms with Crippen LogP contribution in [-0.4, -0.2) is 39.5 Å². The predicted molar refractivity (Wildman–Crippen MR) is 115 cm³/mol. The molecule has 0 saturated heterocycles. The summed E-state index contributed by atoms with van der Waals surface area (Å²) in [6.45, 7) is 2.26. The second-order valence-corrected chi connectivity index (χ2v) is 6.99. The van der Waals surface area contributed by atoms with Gasteiger partial charge in [0.15, 0.2) is 11.5 Å². The van der Waals surface area contributed by atoms with Crippen LogP contribution in [0.5, 0.6) is 5.75 Å². The molecule has 2 aromatic carbocycles. The smallest absolute Gasteiger partial charge is 0.271 e. The standard InChI is InChI=1S/C23H23N5O3/c1-16-25-22(31-27-16)9-6-14-24-23(29)20-15-21(17-10-12-19(30-2)13-11-17)28(26-20)18-7-4-3-5-8-18/h3-5,7-8,10-13,15H,6,9,14H2,1-2H3,(H,24,29). The largest absolute Gasteiger partial charge is 0.497 e. The zero-order valence-electron chi connectivity index (χ0n) is 17.4. The molecule has 2 aromatic heterocycles. The van der Waals surface area contributed by atoms with Gasteiger partial charge in [-0.25, -0.2) is 4.68 Å². The van der Waals surface area contributed by atoms with Gasteiger partial charge >= 0.3 is 0 Å². The molecular weight excluding hydrogens is 394 g/mol. The Morgan fingerprint density at radius 1 is 1.13 bits per heavy atom. The maximum Gasteiger partial charge on any atom is 0.271 e. The highest BCUT2D eigenvalue weighted by Crippen LogP contribution is 2.26. The van der Waals surface area contributed by atoms with Gasteiger partial charge in [0, 0.05) is 18.5 Å². The van der Waals surface area contributed by atoms with Crippen LogP contribution >= 0.6 is 0 Å². The Morgan fingerprint density at radius 2 is 1.90 bits per heavy atom. The SMILES string of the molecule is COc1ccc(-c2cc(C(=O)NCCCc3nc(C)no3)nn2-c2ccccc2)cc1. The summed E-state index contributed by atoms with van der Waals surface area (Å²) in [5.41, 5.74) is 2.98. The number of carbonyl (C=O) groups excluding carboxylic acids is 1. The van der Waals surface area contributed by atoms with Gasteiger partial charge in [-0.2, -0.15) is 10.1 Å². The second kappa shape index (κ2) is 9.25. The quantitative estimate of drug-likeness (QED) is 0.440. The fourth-order valence-electron chi connectivity index (χ4n) is 3.20. The van der Waals surface area contributed by atoms with E-state index in [0.29, 0.717) is 36.8 Å². The number of nitrogens with zero attached hydrogens (tertiary/aromatic N) is 4. The average molecular weight is 417 g/mol. The van der Waals surface area contributed by atoms with Crippen molar-refractivity contribution in [2.45, 2.75) is 19.8 Å². The Labute approximate surface area is 179 Å². The van der Waals surface area contributed by atoms with Crippen molar-refractivity contribution in [3.05, 3.63) is 78.1 Å². The molecule has 0 aliphatic rings. The van der Waals surface area contributed by atoms with Gasteiger partial charge in [-0.1, -0.05) is 23.4 Å². The predicted octanol–water partition coefficient (Wildman–Crippen LogP) is 3.60. The van der Waals surface area contributed by atoms with Crippen molar-refractivity contribution in [2.75, 3.05) is 13.7 Å². The van der Waals surface area contributed by atoms with Crippen molar-refractivity contribution < 1.29 is 14.1 Å². The zero-order valence-corrected chi connectivity index (χ0v) is 17.4. The molecule has 0 unspecified atom stereocenters. The molecule has 158 valence electrons. The third-order valence-corrected chi connectivity index (χ3v) is 4.75. The highest BCUT2D eigenvalue weighted by molar-refractivity contribution is 5.93. The monoisotopic (exact) mass is 417 g/mol. The first-order valence-corrected chi connectivity index (χ1v) is 10.0. The number of amides is 1. The Balaban J connectivity index is 1.52. The number of methoxy groups -OCH3 is 1. The molecule has 0 aliphatic carbocycles. The Morgan fingerprint density at radius 3 is 2.58 bits per heavy atom. The Hall–Kier alpha value is -3.94. The van der Waals surface area contributed by atoms with Gasteiger partial charge in [0.05, 0.1) is 18.5 Å². The van der Waals surface area contributed by atoms with E-state index < -0.39 is 0 Å². The molecule has 0 aliphatic heterocycles. The molecule has 0 fully saturated rings. The Bertz CT molecular complexity index is 1150. The molecule has 8 nitrogen and oxygen atoms in total. The molecule has 0 radical (unpaired) electrons. The molecular formula is C23H23N5O3.